The number of hydrogen-bond donors (Lipinski definition) is 13. The third-order valence-corrected chi connectivity index (χ3v) is 11.8. The van der Waals surface area contributed by atoms with E-state index >= 15 is 4.39 Å². The van der Waals surface area contributed by atoms with Crippen LogP contribution in [-0.2, 0) is 68.7 Å². The summed E-state index contributed by atoms with van der Waals surface area (Å²) < 4.78 is 15.1. The number of nitrogens with zero attached hydrogens (tertiary/aromatic N) is 1. The molecule has 1 fully saturated rings. The van der Waals surface area contributed by atoms with Crippen molar-refractivity contribution in [1.82, 2.24) is 47.4 Å². The van der Waals surface area contributed by atoms with E-state index in [1.165, 1.54) is 0 Å². The molecule has 0 spiro atoms. The van der Waals surface area contributed by atoms with Gasteiger partial charge in [0, 0.05) is 32.6 Å². The van der Waals surface area contributed by atoms with Gasteiger partial charge in [0.05, 0.1) is 25.1 Å². The molecule has 0 radical (unpaired) electrons. The summed E-state index contributed by atoms with van der Waals surface area (Å²) in [6, 6.07) is -4.54. The third kappa shape index (κ3) is 23.3. The van der Waals surface area contributed by atoms with E-state index in [0.717, 1.165) is 20.8 Å². The smallest absolute Gasteiger partial charge is 0.305 e. The highest BCUT2D eigenvalue weighted by atomic mass is 19.1. The molecule has 1 heterocycles. The fraction of sp³-hybridized carbons (Fsp3) is 0.612. The first kappa shape index (κ1) is 65.3. The highest BCUT2D eigenvalue weighted by molar-refractivity contribution is 5.99. The van der Waals surface area contributed by atoms with Crippen molar-refractivity contribution >= 4 is 77.0 Å². The fourth-order valence-electron chi connectivity index (χ4n) is 8.06. The van der Waals surface area contributed by atoms with Crippen LogP contribution in [0.15, 0.2) is 30.3 Å². The number of carbonyl (C=O) groups excluding carboxylic acids is 10. The van der Waals surface area contributed by atoms with Crippen molar-refractivity contribution in [3.05, 3.63) is 35.9 Å². The average molecular weight is 1090 g/mol. The van der Waals surface area contributed by atoms with Crippen LogP contribution in [0.4, 0.5) is 4.39 Å². The van der Waals surface area contributed by atoms with E-state index in [2.05, 4.69) is 42.5 Å². The van der Waals surface area contributed by atoms with Gasteiger partial charge in [0.1, 0.15) is 54.5 Å². The zero-order valence-corrected chi connectivity index (χ0v) is 44.0. The molecule has 0 saturated carbocycles. The second kappa shape index (κ2) is 30.7. The normalized spacial score (nSPS) is 16.9. The molecule has 1 aliphatic rings. The molecule has 10 amide bonds. The number of nitrogens with two attached hydrogens (primary N) is 1. The second-order valence-corrected chi connectivity index (χ2v) is 20.1. The Hall–Kier alpha value is -7.78. The molecule has 0 aromatic heterocycles. The molecule has 27 nitrogen and oxygen atoms in total. The van der Waals surface area contributed by atoms with Gasteiger partial charge < -0.3 is 73.6 Å². The maximum atomic E-state index is 15.1. The van der Waals surface area contributed by atoms with Crippen molar-refractivity contribution in [2.45, 2.75) is 166 Å². The maximum Gasteiger partial charge on any atom is 0.305 e. The van der Waals surface area contributed by atoms with Crippen molar-refractivity contribution in [2.24, 2.45) is 17.6 Å². The fourth-order valence-corrected chi connectivity index (χ4v) is 8.06. The van der Waals surface area contributed by atoms with Crippen LogP contribution in [0.5, 0.6) is 0 Å². The Morgan fingerprint density at radius 3 is 1.65 bits per heavy atom. The third-order valence-electron chi connectivity index (χ3n) is 11.8. The number of likely N-dealkylation sites (tertiary alicyclic amines) is 1. The van der Waals surface area contributed by atoms with Gasteiger partial charge in [-0.05, 0) is 56.9 Å². The minimum Gasteiger partial charge on any atom is -0.481 e. The summed E-state index contributed by atoms with van der Waals surface area (Å²) in [6.45, 7) is 8.52. The molecule has 1 aromatic rings. The highest BCUT2D eigenvalue weighted by Gasteiger charge is 2.45. The lowest BCUT2D eigenvalue weighted by Crippen LogP contribution is -2.62. The zero-order chi connectivity index (χ0) is 58.5. The molecule has 0 bridgehead atoms. The van der Waals surface area contributed by atoms with Crippen LogP contribution in [0.25, 0.3) is 0 Å². The van der Waals surface area contributed by atoms with Crippen LogP contribution < -0.4 is 48.3 Å². The molecule has 0 unspecified atom stereocenters. The van der Waals surface area contributed by atoms with Crippen LogP contribution in [0.3, 0.4) is 0 Å². The van der Waals surface area contributed by atoms with Crippen LogP contribution in [-0.4, -0.2) is 176 Å². The number of primary amides is 1. The van der Waals surface area contributed by atoms with Crippen molar-refractivity contribution in [1.29, 1.82) is 0 Å². The van der Waals surface area contributed by atoms with E-state index in [0.29, 0.717) is 10.5 Å². The van der Waals surface area contributed by atoms with Gasteiger partial charge in [0.25, 0.3) is 0 Å². The number of carbonyl (C=O) groups is 13. The molecule has 1 saturated heterocycles. The first-order valence-corrected chi connectivity index (χ1v) is 24.8. The van der Waals surface area contributed by atoms with Gasteiger partial charge in [0.15, 0.2) is 0 Å². The van der Waals surface area contributed by atoms with Crippen molar-refractivity contribution in [3.8, 4) is 0 Å². The van der Waals surface area contributed by atoms with Gasteiger partial charge in [-0.2, -0.15) is 0 Å². The van der Waals surface area contributed by atoms with E-state index in [9.17, 15) is 82.8 Å². The van der Waals surface area contributed by atoms with Crippen LogP contribution >= 0.6 is 0 Å². The minimum absolute atomic E-state index is 0.0744. The van der Waals surface area contributed by atoms with Gasteiger partial charge in [0.2, 0.25) is 59.1 Å². The molecule has 77 heavy (non-hydrogen) atoms. The second-order valence-electron chi connectivity index (χ2n) is 20.1. The lowest BCUT2D eigenvalue weighted by Gasteiger charge is -2.32. The number of carboxylic acid groups (broad SMARTS) is 3. The SMILES string of the molecule is CC(=O)N[C@@H](CC(C)C)C(=O)N[C@@H](CC(=O)O)C(=O)N1C[C@@H](F)C[C@H]1C(=O)N[C@@H](CCC(=O)O)C(=O)N[C@H](C(=O)NCC(=O)N[C@@H](CCC(=O)O)C(=O)N[C@@H](Cc1ccccc1)C(=O)N[C@@H](CC(C)C)C(N)=O)C(C)(C)O. The number of hydrogen-bond acceptors (Lipinski definition) is 14. The van der Waals surface area contributed by atoms with Crippen molar-refractivity contribution in [2.75, 3.05) is 13.1 Å². The quantitative estimate of drug-likeness (QED) is 0.0348. The monoisotopic (exact) mass is 1090 g/mol. The summed E-state index contributed by atoms with van der Waals surface area (Å²) in [4.78, 5) is 169. The molecular weight excluding hydrogens is 1020 g/mol. The lowest BCUT2D eigenvalue weighted by atomic mass is 9.97. The number of halogens is 1. The summed E-state index contributed by atoms with van der Waals surface area (Å²) >= 11 is 0. The van der Waals surface area contributed by atoms with E-state index in [1.54, 1.807) is 58.0 Å². The highest BCUT2D eigenvalue weighted by Crippen LogP contribution is 2.23. The van der Waals surface area contributed by atoms with E-state index in [1.807, 2.05) is 0 Å². The Balaban J connectivity index is 2.34. The van der Waals surface area contributed by atoms with Gasteiger partial charge >= 0.3 is 17.9 Å². The van der Waals surface area contributed by atoms with E-state index < -0.39 is 189 Å². The van der Waals surface area contributed by atoms with Crippen molar-refractivity contribution in [3.63, 3.8) is 0 Å². The van der Waals surface area contributed by atoms with Gasteiger partial charge in [-0.25, -0.2) is 4.39 Å². The van der Waals surface area contributed by atoms with Gasteiger partial charge in [-0.15, -0.1) is 0 Å². The number of alkyl halides is 1. The molecule has 28 heteroatoms. The Kier molecular flexibility index (Phi) is 26.0. The first-order valence-electron chi connectivity index (χ1n) is 24.8. The molecule has 9 atom stereocenters. The molecule has 428 valence electrons. The number of carboxylic acids is 3. The Labute approximate surface area is 443 Å². The molecule has 1 aromatic carbocycles. The number of benzene rings is 1. The van der Waals surface area contributed by atoms with Crippen LogP contribution in [0.1, 0.15) is 105 Å². The molecule has 0 aliphatic carbocycles. The standard InChI is InChI=1S/C49H73FN10O17/c1-24(2)17-31(41(51)69)56-45(73)33(19-27-11-9-8-10-12-27)57-42(70)29(13-15-37(63)64)54-36(62)22-52-47(75)40(49(6,7)77)59-43(71)30(14-16-38(65)66)55-46(74)35-20-28(50)23-60(35)48(76)34(21-39(67)68)58-44(72)32(18-25(3)4)53-26(5)61/h8-12,24-25,28-35,40,77H,13-23H2,1-7H3,(H2,51,69)(H,52,75)(H,53,61)(H,54,62)(H,55,74)(H,56,73)(H,57,70)(H,58,72)(H,59,71)(H,63,64)(H,65,66)(H,67,68)/t28-,29-,30-,31-,32-,33-,34-,35-,40+/m0/s1. The van der Waals surface area contributed by atoms with Gasteiger partial charge in [-0.3, -0.25) is 62.3 Å². The maximum absolute atomic E-state index is 15.1. The summed E-state index contributed by atoms with van der Waals surface area (Å²) in [5, 5.41) is 58.1. The summed E-state index contributed by atoms with van der Waals surface area (Å²) in [6.07, 6.45) is -6.20. The van der Waals surface area contributed by atoms with E-state index in [-0.39, 0.29) is 31.1 Å². The lowest BCUT2D eigenvalue weighted by molar-refractivity contribution is -0.146. The number of aliphatic hydroxyl groups is 1. The molecule has 2 rings (SSSR count). The summed E-state index contributed by atoms with van der Waals surface area (Å²) in [5.74, 6) is -15.0. The zero-order valence-electron chi connectivity index (χ0n) is 44.0. The Bertz CT molecular complexity index is 2310. The Morgan fingerprint density at radius 2 is 1.14 bits per heavy atom. The summed E-state index contributed by atoms with van der Waals surface area (Å²) in [5.41, 5.74) is 3.90. The molecular formula is C49H73FN10O17. The minimum atomic E-state index is -2.19. The number of nitrogens with one attached hydrogen (secondary N) is 8. The number of rotatable bonds is 32. The Morgan fingerprint density at radius 1 is 0.649 bits per heavy atom. The first-order chi connectivity index (χ1) is 35.8. The average Bonchev–Trinajstić information content (AvgIpc) is 3.71. The predicted molar refractivity (Wildman–Crippen MR) is 268 cm³/mol. The van der Waals surface area contributed by atoms with Crippen LogP contribution in [0, 0.1) is 11.8 Å². The molecule has 14 N–H and O–H groups in total. The number of amides is 10. The predicted octanol–water partition coefficient (Wildman–Crippen LogP) is -2.75. The van der Waals surface area contributed by atoms with Gasteiger partial charge in [-0.1, -0.05) is 58.0 Å². The van der Waals surface area contributed by atoms with Crippen molar-refractivity contribution < 1.29 is 87.1 Å². The van der Waals surface area contributed by atoms with E-state index in [4.69, 9.17) is 5.73 Å². The largest absolute Gasteiger partial charge is 0.481 e. The topological polar surface area (TPSA) is 428 Å². The molecule has 1 aliphatic heterocycles. The summed E-state index contributed by atoms with van der Waals surface area (Å²) in [7, 11) is 0. The number of aliphatic carboxylic acids is 3. The van der Waals surface area contributed by atoms with Crippen LogP contribution in [0.2, 0.25) is 0 Å².